The molecule has 1 unspecified atom stereocenters. The second kappa shape index (κ2) is 4.57. The molecule has 1 rings (SSSR count). The fourth-order valence-electron chi connectivity index (χ4n) is 0.776. The maximum atomic E-state index is 10.4. The van der Waals surface area contributed by atoms with Gasteiger partial charge in [-0.2, -0.15) is 0 Å². The smallest absolute Gasteiger partial charge is 0.332 e. The van der Waals surface area contributed by atoms with Crippen molar-refractivity contribution in [1.82, 2.24) is 4.98 Å². The van der Waals surface area contributed by atoms with E-state index in [0.29, 0.717) is 0 Å². The summed E-state index contributed by atoms with van der Waals surface area (Å²) >= 11 is 0. The van der Waals surface area contributed by atoms with Crippen LogP contribution in [0, 0.1) is 0 Å². The molecule has 1 N–H and O–H groups in total. The third kappa shape index (κ3) is 3.21. The van der Waals surface area contributed by atoms with E-state index in [4.69, 9.17) is 9.84 Å². The van der Waals surface area contributed by atoms with E-state index in [9.17, 15) is 4.79 Å². The maximum absolute atomic E-state index is 10.4. The third-order valence-electron chi connectivity index (χ3n) is 1.57. The molecule has 1 heterocycles. The van der Waals surface area contributed by atoms with Crippen molar-refractivity contribution in [3.05, 3.63) is 30.1 Å². The molecule has 70 valence electrons. The largest absolute Gasteiger partial charge is 0.479 e. The summed E-state index contributed by atoms with van der Waals surface area (Å²) in [6.07, 6.45) is 2.53. The van der Waals surface area contributed by atoms with Crippen LogP contribution in [0.5, 0.6) is 0 Å². The third-order valence-corrected chi connectivity index (χ3v) is 1.57. The Balaban J connectivity index is 2.39. The van der Waals surface area contributed by atoms with Crippen molar-refractivity contribution in [2.45, 2.75) is 19.6 Å². The standard InChI is InChI=1S/C9H11NO3/c1-7(9(11)12)13-6-8-3-2-4-10-5-8/h2-5,7H,6H2,1H3,(H,11,12). The first-order valence-electron chi connectivity index (χ1n) is 3.93. The molecule has 1 atom stereocenters. The predicted molar refractivity (Wildman–Crippen MR) is 46.1 cm³/mol. The van der Waals surface area contributed by atoms with Gasteiger partial charge in [0.15, 0.2) is 6.10 Å². The van der Waals surface area contributed by atoms with Crippen molar-refractivity contribution >= 4 is 5.97 Å². The molecule has 0 radical (unpaired) electrons. The number of hydrogen-bond donors (Lipinski definition) is 1. The molecular formula is C9H11NO3. The summed E-state index contributed by atoms with van der Waals surface area (Å²) in [5.74, 6) is -0.955. The number of carbonyl (C=O) groups is 1. The predicted octanol–water partition coefficient (Wildman–Crippen LogP) is 1.07. The molecule has 0 spiro atoms. The van der Waals surface area contributed by atoms with Crippen LogP contribution < -0.4 is 0 Å². The number of carboxylic acid groups (broad SMARTS) is 1. The van der Waals surface area contributed by atoms with E-state index >= 15 is 0 Å². The Labute approximate surface area is 76.2 Å². The van der Waals surface area contributed by atoms with Gasteiger partial charge in [0.1, 0.15) is 0 Å². The number of aromatic nitrogens is 1. The fraction of sp³-hybridized carbons (Fsp3) is 0.333. The number of carboxylic acids is 1. The van der Waals surface area contributed by atoms with E-state index in [1.165, 1.54) is 6.92 Å². The van der Waals surface area contributed by atoms with Gasteiger partial charge in [-0.3, -0.25) is 4.98 Å². The summed E-state index contributed by atoms with van der Waals surface area (Å²) in [6, 6.07) is 3.62. The van der Waals surface area contributed by atoms with Crippen LogP contribution in [0.2, 0.25) is 0 Å². The van der Waals surface area contributed by atoms with Crippen LogP contribution in [0.15, 0.2) is 24.5 Å². The molecule has 0 aliphatic carbocycles. The highest BCUT2D eigenvalue weighted by Crippen LogP contribution is 2.01. The first-order valence-corrected chi connectivity index (χ1v) is 3.93. The molecule has 4 heteroatoms. The normalized spacial score (nSPS) is 12.4. The highest BCUT2D eigenvalue weighted by atomic mass is 16.5. The molecule has 0 amide bonds. The van der Waals surface area contributed by atoms with Crippen LogP contribution in [0.25, 0.3) is 0 Å². The lowest BCUT2D eigenvalue weighted by molar-refractivity contribution is -0.149. The van der Waals surface area contributed by atoms with Gasteiger partial charge in [0.05, 0.1) is 6.61 Å². The van der Waals surface area contributed by atoms with Crippen molar-refractivity contribution in [3.63, 3.8) is 0 Å². The number of rotatable bonds is 4. The number of nitrogens with zero attached hydrogens (tertiary/aromatic N) is 1. The van der Waals surface area contributed by atoms with Gasteiger partial charge in [-0.05, 0) is 18.6 Å². The first kappa shape index (κ1) is 9.67. The van der Waals surface area contributed by atoms with Crippen LogP contribution in [-0.4, -0.2) is 22.2 Å². The SMILES string of the molecule is CC(OCc1cccnc1)C(=O)O. The van der Waals surface area contributed by atoms with Gasteiger partial charge in [-0.15, -0.1) is 0 Å². The Kier molecular flexibility index (Phi) is 3.40. The second-order valence-electron chi connectivity index (χ2n) is 2.65. The Hall–Kier alpha value is -1.42. The molecule has 4 nitrogen and oxygen atoms in total. The fourth-order valence-corrected chi connectivity index (χ4v) is 0.776. The van der Waals surface area contributed by atoms with Gasteiger partial charge in [0, 0.05) is 12.4 Å². The molecular weight excluding hydrogens is 170 g/mol. The Morgan fingerprint density at radius 3 is 3.08 bits per heavy atom. The van der Waals surface area contributed by atoms with E-state index in [0.717, 1.165) is 5.56 Å². The lowest BCUT2D eigenvalue weighted by Crippen LogP contribution is -2.19. The maximum Gasteiger partial charge on any atom is 0.332 e. The number of aliphatic carboxylic acids is 1. The van der Waals surface area contributed by atoms with E-state index in [1.807, 2.05) is 6.07 Å². The van der Waals surface area contributed by atoms with E-state index in [1.54, 1.807) is 18.5 Å². The number of ether oxygens (including phenoxy) is 1. The van der Waals surface area contributed by atoms with Crippen molar-refractivity contribution < 1.29 is 14.6 Å². The number of hydrogen-bond acceptors (Lipinski definition) is 3. The van der Waals surface area contributed by atoms with Crippen molar-refractivity contribution in [2.24, 2.45) is 0 Å². The highest BCUT2D eigenvalue weighted by Gasteiger charge is 2.10. The zero-order valence-corrected chi connectivity index (χ0v) is 7.30. The van der Waals surface area contributed by atoms with Gasteiger partial charge in [0.2, 0.25) is 0 Å². The summed E-state index contributed by atoms with van der Waals surface area (Å²) in [6.45, 7) is 1.78. The minimum absolute atomic E-state index is 0.279. The summed E-state index contributed by atoms with van der Waals surface area (Å²) in [7, 11) is 0. The van der Waals surface area contributed by atoms with E-state index < -0.39 is 12.1 Å². The monoisotopic (exact) mass is 181 g/mol. The molecule has 13 heavy (non-hydrogen) atoms. The zero-order chi connectivity index (χ0) is 9.68. The topological polar surface area (TPSA) is 59.4 Å². The van der Waals surface area contributed by atoms with Crippen molar-refractivity contribution in [3.8, 4) is 0 Å². The summed E-state index contributed by atoms with van der Waals surface area (Å²) in [5.41, 5.74) is 0.871. The molecule has 0 saturated carbocycles. The zero-order valence-electron chi connectivity index (χ0n) is 7.30. The molecule has 0 saturated heterocycles. The van der Waals surface area contributed by atoms with Gasteiger partial charge in [-0.1, -0.05) is 6.07 Å². The van der Waals surface area contributed by atoms with Gasteiger partial charge >= 0.3 is 5.97 Å². The second-order valence-corrected chi connectivity index (χ2v) is 2.65. The molecule has 0 aromatic carbocycles. The van der Waals surface area contributed by atoms with Crippen LogP contribution in [0.4, 0.5) is 0 Å². The molecule has 0 aliphatic rings. The van der Waals surface area contributed by atoms with Gasteiger partial charge in [0.25, 0.3) is 0 Å². The molecule has 0 bridgehead atoms. The first-order chi connectivity index (χ1) is 6.20. The minimum Gasteiger partial charge on any atom is -0.479 e. The summed E-state index contributed by atoms with van der Waals surface area (Å²) in [4.78, 5) is 14.3. The van der Waals surface area contributed by atoms with Crippen molar-refractivity contribution in [1.29, 1.82) is 0 Å². The Bertz CT molecular complexity index is 273. The van der Waals surface area contributed by atoms with Crippen LogP contribution in [-0.2, 0) is 16.1 Å². The van der Waals surface area contributed by atoms with E-state index in [2.05, 4.69) is 4.98 Å². The Morgan fingerprint density at radius 2 is 2.54 bits per heavy atom. The lowest BCUT2D eigenvalue weighted by Gasteiger charge is -2.07. The Morgan fingerprint density at radius 1 is 1.77 bits per heavy atom. The number of pyridine rings is 1. The van der Waals surface area contributed by atoms with Crippen LogP contribution in [0.1, 0.15) is 12.5 Å². The molecule has 0 aliphatic heterocycles. The quantitative estimate of drug-likeness (QED) is 0.754. The summed E-state index contributed by atoms with van der Waals surface area (Å²) in [5, 5.41) is 8.52. The molecule has 1 aromatic heterocycles. The molecule has 1 aromatic rings. The lowest BCUT2D eigenvalue weighted by atomic mass is 10.3. The minimum atomic E-state index is -0.955. The van der Waals surface area contributed by atoms with Gasteiger partial charge in [-0.25, -0.2) is 4.79 Å². The average molecular weight is 181 g/mol. The van der Waals surface area contributed by atoms with Crippen LogP contribution >= 0.6 is 0 Å². The summed E-state index contributed by atoms with van der Waals surface area (Å²) < 4.78 is 5.05. The van der Waals surface area contributed by atoms with Crippen molar-refractivity contribution in [2.75, 3.05) is 0 Å². The van der Waals surface area contributed by atoms with Gasteiger partial charge < -0.3 is 9.84 Å². The van der Waals surface area contributed by atoms with E-state index in [-0.39, 0.29) is 6.61 Å². The average Bonchev–Trinajstić information content (AvgIpc) is 2.15. The highest BCUT2D eigenvalue weighted by molar-refractivity contribution is 5.71. The van der Waals surface area contributed by atoms with Crippen LogP contribution in [0.3, 0.4) is 0 Å². The molecule has 0 fully saturated rings.